The van der Waals surface area contributed by atoms with Gasteiger partial charge >= 0.3 is 0 Å². The smallest absolute Gasteiger partial charge is 0.217 e. The van der Waals surface area contributed by atoms with Crippen LogP contribution < -0.4 is 0 Å². The summed E-state index contributed by atoms with van der Waals surface area (Å²) in [7, 11) is 0. The van der Waals surface area contributed by atoms with Crippen molar-refractivity contribution in [3.8, 4) is 11.4 Å². The summed E-state index contributed by atoms with van der Waals surface area (Å²) in [5, 5.41) is 6.19. The van der Waals surface area contributed by atoms with E-state index in [0.29, 0.717) is 9.79 Å². The highest BCUT2D eigenvalue weighted by atomic mass is 35.5. The number of hydrogen-bond acceptors (Lipinski definition) is 4. The van der Waals surface area contributed by atoms with Crippen LogP contribution in [0.25, 0.3) is 11.4 Å². The van der Waals surface area contributed by atoms with Gasteiger partial charge in [-0.25, -0.2) is 4.68 Å². The number of aromatic nitrogens is 3. The molecule has 0 unspecified atom stereocenters. The van der Waals surface area contributed by atoms with Crippen LogP contribution in [-0.4, -0.2) is 26.2 Å². The predicted molar refractivity (Wildman–Crippen MR) is 96.3 cm³/mol. The number of hydrogen-bond donors (Lipinski definition) is 1. The quantitative estimate of drug-likeness (QED) is 0.704. The Hall–Kier alpha value is -1.47. The number of aromatic amines is 1. The molecule has 0 amide bonds. The van der Waals surface area contributed by atoms with Crippen LogP contribution in [0.15, 0.2) is 35.7 Å². The maximum Gasteiger partial charge on any atom is 0.217 e. The molecule has 1 N–H and O–H groups in total. The van der Waals surface area contributed by atoms with Crippen LogP contribution in [0.3, 0.4) is 0 Å². The van der Waals surface area contributed by atoms with Crippen molar-refractivity contribution in [3.05, 3.63) is 55.9 Å². The molecule has 0 spiro atoms. The van der Waals surface area contributed by atoms with Crippen molar-refractivity contribution in [2.75, 3.05) is 6.54 Å². The number of benzene rings is 1. The molecule has 1 aliphatic rings. The first-order chi connectivity index (χ1) is 11.2. The first kappa shape index (κ1) is 15.1. The number of nitrogens with zero attached hydrogens (tertiary/aromatic N) is 3. The van der Waals surface area contributed by atoms with E-state index in [2.05, 4.69) is 26.4 Å². The Morgan fingerprint density at radius 1 is 1.26 bits per heavy atom. The van der Waals surface area contributed by atoms with E-state index in [-0.39, 0.29) is 0 Å². The summed E-state index contributed by atoms with van der Waals surface area (Å²) in [6.07, 6.45) is 1.11. The maximum absolute atomic E-state index is 5.93. The third-order valence-corrected chi connectivity index (χ3v) is 5.61. The third kappa shape index (κ3) is 3.12. The van der Waals surface area contributed by atoms with Gasteiger partial charge in [-0.05, 0) is 59.9 Å². The minimum Gasteiger partial charge on any atom is -0.280 e. The summed E-state index contributed by atoms with van der Waals surface area (Å²) in [6.45, 7) is 2.75. The zero-order valence-corrected chi connectivity index (χ0v) is 14.7. The largest absolute Gasteiger partial charge is 0.280 e. The van der Waals surface area contributed by atoms with Crippen LogP contribution in [0.2, 0.25) is 5.02 Å². The van der Waals surface area contributed by atoms with Gasteiger partial charge in [-0.15, -0.1) is 11.3 Å². The molecule has 0 saturated heterocycles. The highest BCUT2D eigenvalue weighted by Crippen LogP contribution is 2.24. The summed E-state index contributed by atoms with van der Waals surface area (Å²) < 4.78 is 2.50. The van der Waals surface area contributed by atoms with Crippen LogP contribution in [0.1, 0.15) is 10.4 Å². The van der Waals surface area contributed by atoms with Crippen LogP contribution in [0.5, 0.6) is 0 Å². The van der Waals surface area contributed by atoms with Crippen molar-refractivity contribution in [1.29, 1.82) is 0 Å². The van der Waals surface area contributed by atoms with Gasteiger partial charge in [0.05, 0.1) is 6.67 Å². The highest BCUT2D eigenvalue weighted by Gasteiger charge is 2.18. The molecule has 7 heteroatoms. The predicted octanol–water partition coefficient (Wildman–Crippen LogP) is 4.34. The number of rotatable bonds is 3. The highest BCUT2D eigenvalue weighted by molar-refractivity contribution is 7.71. The first-order valence-electron chi connectivity index (χ1n) is 7.39. The van der Waals surface area contributed by atoms with Gasteiger partial charge < -0.3 is 0 Å². The molecular weight excluding hydrogens is 348 g/mol. The second-order valence-corrected chi connectivity index (χ2v) is 7.40. The first-order valence-corrected chi connectivity index (χ1v) is 9.06. The molecule has 0 atom stereocenters. The molecular formula is C16H15ClN4S2. The van der Waals surface area contributed by atoms with E-state index in [0.717, 1.165) is 37.6 Å². The summed E-state index contributed by atoms with van der Waals surface area (Å²) >= 11 is 13.2. The molecule has 118 valence electrons. The summed E-state index contributed by atoms with van der Waals surface area (Å²) in [4.78, 5) is 8.36. The summed E-state index contributed by atoms with van der Waals surface area (Å²) in [5.41, 5.74) is 2.42. The van der Waals surface area contributed by atoms with Crippen molar-refractivity contribution < 1.29 is 0 Å². The third-order valence-electron chi connectivity index (χ3n) is 4.03. The molecule has 4 rings (SSSR count). The zero-order valence-electron chi connectivity index (χ0n) is 12.3. The van der Waals surface area contributed by atoms with Crippen LogP contribution in [0.4, 0.5) is 0 Å². The van der Waals surface area contributed by atoms with Crippen molar-refractivity contribution in [1.82, 2.24) is 19.7 Å². The molecule has 0 saturated carbocycles. The van der Waals surface area contributed by atoms with Crippen LogP contribution >= 0.6 is 35.2 Å². The van der Waals surface area contributed by atoms with E-state index >= 15 is 0 Å². The topological polar surface area (TPSA) is 36.9 Å². The van der Waals surface area contributed by atoms with Gasteiger partial charge in [0.1, 0.15) is 0 Å². The van der Waals surface area contributed by atoms with Gasteiger partial charge in [-0.3, -0.25) is 10.00 Å². The lowest BCUT2D eigenvalue weighted by molar-refractivity contribution is 0.190. The van der Waals surface area contributed by atoms with Crippen molar-refractivity contribution >= 4 is 35.2 Å². The maximum atomic E-state index is 5.93. The van der Waals surface area contributed by atoms with E-state index < -0.39 is 0 Å². The molecule has 0 bridgehead atoms. The Bertz CT molecular complexity index is 878. The monoisotopic (exact) mass is 362 g/mol. The Balaban J connectivity index is 1.54. The van der Waals surface area contributed by atoms with Gasteiger partial charge in [0, 0.05) is 28.6 Å². The number of fused-ring (bicyclic) bond motifs is 1. The Kier molecular flexibility index (Phi) is 4.07. The SMILES string of the molecule is S=c1nc(-c2ccc(Cl)cc2)[nH]n1CN1CCc2sccc2C1. The lowest BCUT2D eigenvalue weighted by atomic mass is 10.1. The fraction of sp³-hybridized carbons (Fsp3) is 0.250. The average Bonchev–Trinajstić information content (AvgIpc) is 3.15. The molecule has 3 heterocycles. The number of halogens is 1. The van der Waals surface area contributed by atoms with E-state index in [9.17, 15) is 0 Å². The second kappa shape index (κ2) is 6.20. The average molecular weight is 363 g/mol. The standard InChI is InChI=1S/C16H15ClN4S2/c17-13-3-1-11(2-4-13)15-18-16(22)21(19-15)10-20-7-5-14-12(9-20)6-8-23-14/h1-4,6,8H,5,7,9-10H2,(H,18,19,22). The summed E-state index contributed by atoms with van der Waals surface area (Å²) in [6, 6.07) is 9.82. The lowest BCUT2D eigenvalue weighted by Gasteiger charge is -2.26. The van der Waals surface area contributed by atoms with Gasteiger partial charge in [0.25, 0.3) is 0 Å². The summed E-state index contributed by atoms with van der Waals surface area (Å²) in [5.74, 6) is 0.778. The van der Waals surface area contributed by atoms with Gasteiger partial charge in [-0.1, -0.05) is 11.6 Å². The molecule has 23 heavy (non-hydrogen) atoms. The molecule has 0 fully saturated rings. The number of nitrogens with one attached hydrogen (secondary N) is 1. The molecule has 3 aromatic rings. The van der Waals surface area contributed by atoms with Crippen LogP contribution in [0, 0.1) is 4.77 Å². The normalized spacial score (nSPS) is 14.8. The van der Waals surface area contributed by atoms with Gasteiger partial charge in [0.2, 0.25) is 4.77 Å². The molecule has 2 aromatic heterocycles. The zero-order chi connectivity index (χ0) is 15.8. The fourth-order valence-electron chi connectivity index (χ4n) is 2.82. The minimum atomic E-state index is 0.575. The Labute approximate surface area is 148 Å². The van der Waals surface area contributed by atoms with Gasteiger partial charge in [-0.2, -0.15) is 4.98 Å². The van der Waals surface area contributed by atoms with E-state index in [1.54, 1.807) is 0 Å². The lowest BCUT2D eigenvalue weighted by Crippen LogP contribution is -2.32. The van der Waals surface area contributed by atoms with E-state index in [1.807, 2.05) is 40.3 Å². The van der Waals surface area contributed by atoms with E-state index in [1.165, 1.54) is 10.4 Å². The molecule has 4 nitrogen and oxygen atoms in total. The molecule has 1 aromatic carbocycles. The number of thiophene rings is 1. The second-order valence-electron chi connectivity index (χ2n) is 5.60. The van der Waals surface area contributed by atoms with Crippen molar-refractivity contribution in [2.24, 2.45) is 0 Å². The Morgan fingerprint density at radius 3 is 2.91 bits per heavy atom. The van der Waals surface area contributed by atoms with Crippen LogP contribution in [-0.2, 0) is 19.6 Å². The van der Waals surface area contributed by atoms with Crippen molar-refractivity contribution in [3.63, 3.8) is 0 Å². The molecule has 0 aliphatic carbocycles. The number of H-pyrrole nitrogens is 1. The van der Waals surface area contributed by atoms with Gasteiger partial charge in [0.15, 0.2) is 5.82 Å². The minimum absolute atomic E-state index is 0.575. The van der Waals surface area contributed by atoms with E-state index in [4.69, 9.17) is 23.8 Å². The van der Waals surface area contributed by atoms with Crippen molar-refractivity contribution in [2.45, 2.75) is 19.6 Å². The Morgan fingerprint density at radius 2 is 2.09 bits per heavy atom. The fourth-order valence-corrected chi connectivity index (χ4v) is 4.03. The molecule has 0 radical (unpaired) electrons. The molecule has 1 aliphatic heterocycles.